The highest BCUT2D eigenvalue weighted by Gasteiger charge is 2.49. The molecule has 2 heterocycles. The minimum Gasteiger partial charge on any atom is -0.457 e. The first kappa shape index (κ1) is 26.0. The zero-order valence-corrected chi connectivity index (χ0v) is 22.0. The summed E-state index contributed by atoms with van der Waals surface area (Å²) in [6.07, 6.45) is -0.605. The van der Waals surface area contributed by atoms with Crippen LogP contribution in [0.25, 0.3) is 0 Å². The predicted octanol–water partition coefficient (Wildman–Crippen LogP) is 4.00. The van der Waals surface area contributed by atoms with Crippen molar-refractivity contribution in [3.05, 3.63) is 54.6 Å². The Labute approximate surface area is 215 Å². The summed E-state index contributed by atoms with van der Waals surface area (Å²) >= 11 is 1.30. The molecule has 0 bridgehead atoms. The van der Waals surface area contributed by atoms with Gasteiger partial charge < -0.3 is 19.7 Å². The number of amides is 2. The van der Waals surface area contributed by atoms with E-state index < -0.39 is 27.4 Å². The monoisotopic (exact) mass is 531 g/mol. The Bertz CT molecular complexity index is 1240. The van der Waals surface area contributed by atoms with Crippen molar-refractivity contribution in [1.82, 2.24) is 5.32 Å². The molecule has 192 valence electrons. The summed E-state index contributed by atoms with van der Waals surface area (Å²) < 4.78 is 35.6. The van der Waals surface area contributed by atoms with Gasteiger partial charge in [0.15, 0.2) is 15.0 Å². The minimum atomic E-state index is -3.17. The van der Waals surface area contributed by atoms with E-state index in [1.807, 2.05) is 47.4 Å². The van der Waals surface area contributed by atoms with Crippen LogP contribution in [-0.4, -0.2) is 60.5 Å². The molecule has 2 aromatic carbocycles. The lowest BCUT2D eigenvalue weighted by Crippen LogP contribution is -2.37. The number of rotatable bonds is 6. The first-order valence-electron chi connectivity index (χ1n) is 11.6. The van der Waals surface area contributed by atoms with Gasteiger partial charge in [0.1, 0.15) is 17.1 Å². The Morgan fingerprint density at radius 1 is 1.06 bits per heavy atom. The van der Waals surface area contributed by atoms with E-state index in [1.54, 1.807) is 32.9 Å². The van der Waals surface area contributed by atoms with Crippen LogP contribution in [0.4, 0.5) is 10.5 Å². The van der Waals surface area contributed by atoms with E-state index in [-0.39, 0.29) is 35.8 Å². The van der Waals surface area contributed by atoms with Gasteiger partial charge >= 0.3 is 6.09 Å². The van der Waals surface area contributed by atoms with Crippen LogP contribution in [-0.2, 0) is 19.4 Å². The number of hydrogen-bond donors (Lipinski definition) is 1. The first-order valence-corrected chi connectivity index (χ1v) is 14.3. The van der Waals surface area contributed by atoms with Gasteiger partial charge in [0.05, 0.1) is 17.5 Å². The molecule has 2 saturated heterocycles. The molecule has 4 rings (SSSR count). The molecule has 0 saturated carbocycles. The highest BCUT2D eigenvalue weighted by atomic mass is 32.2. The van der Waals surface area contributed by atoms with E-state index in [0.29, 0.717) is 16.7 Å². The van der Waals surface area contributed by atoms with Crippen molar-refractivity contribution in [1.29, 1.82) is 0 Å². The number of aliphatic imine (C=N–C) groups is 1. The number of carbonyl (C=O) groups excluding carboxylic acids is 2. The Hall–Kier alpha value is -3.05. The van der Waals surface area contributed by atoms with E-state index >= 15 is 0 Å². The predicted molar refractivity (Wildman–Crippen MR) is 141 cm³/mol. The smallest absolute Gasteiger partial charge is 0.407 e. The van der Waals surface area contributed by atoms with E-state index in [1.165, 1.54) is 11.8 Å². The molecule has 0 radical (unpaired) electrons. The van der Waals surface area contributed by atoms with Crippen LogP contribution in [0.5, 0.6) is 11.5 Å². The number of amidine groups is 1. The lowest BCUT2D eigenvalue weighted by Gasteiger charge is -2.24. The summed E-state index contributed by atoms with van der Waals surface area (Å²) in [6, 6.07) is 16.3. The van der Waals surface area contributed by atoms with E-state index in [0.717, 1.165) is 5.69 Å². The fourth-order valence-electron chi connectivity index (χ4n) is 3.91. The van der Waals surface area contributed by atoms with Gasteiger partial charge in [-0.05, 0) is 57.2 Å². The standard InChI is InChI=1S/C25H29N3O6S2/c1-25(2,3)34-24(30)26-14-13-22(29)27-23-28(20-15-36(31,32)16-21(20)35-23)17-9-11-19(12-10-17)33-18-7-5-4-6-8-18/h4-12,20-21H,13-16H2,1-3H3,(H,26,30). The normalized spacial score (nSPS) is 21.8. The van der Waals surface area contributed by atoms with Gasteiger partial charge in [-0.25, -0.2) is 13.2 Å². The van der Waals surface area contributed by atoms with Crippen molar-refractivity contribution in [3.63, 3.8) is 0 Å². The number of hydrogen-bond acceptors (Lipinski definition) is 7. The second-order valence-corrected chi connectivity index (χ2v) is 12.9. The number of fused-ring (bicyclic) bond motifs is 1. The zero-order chi connectivity index (χ0) is 25.9. The maximum Gasteiger partial charge on any atom is 0.407 e. The first-order chi connectivity index (χ1) is 17.0. The number of sulfone groups is 1. The third kappa shape index (κ3) is 6.79. The van der Waals surface area contributed by atoms with Gasteiger partial charge in [0.25, 0.3) is 0 Å². The fourth-order valence-corrected chi connectivity index (χ4v) is 7.85. The Morgan fingerprint density at radius 3 is 2.39 bits per heavy atom. The van der Waals surface area contributed by atoms with Crippen LogP contribution < -0.4 is 15.0 Å². The summed E-state index contributed by atoms with van der Waals surface area (Å²) in [5.74, 6) is 0.972. The quantitative estimate of drug-likeness (QED) is 0.595. The number of nitrogens with one attached hydrogen (secondary N) is 1. The van der Waals surface area contributed by atoms with Crippen molar-refractivity contribution in [2.24, 2.45) is 4.99 Å². The van der Waals surface area contributed by atoms with Crippen molar-refractivity contribution >= 4 is 44.5 Å². The molecule has 2 atom stereocenters. The highest BCUT2D eigenvalue weighted by Crippen LogP contribution is 2.41. The molecule has 9 nitrogen and oxygen atoms in total. The van der Waals surface area contributed by atoms with Crippen molar-refractivity contribution in [2.45, 2.75) is 44.1 Å². The lowest BCUT2D eigenvalue weighted by atomic mass is 10.2. The molecule has 0 aromatic heterocycles. The number of para-hydroxylation sites is 1. The second-order valence-electron chi connectivity index (χ2n) is 9.55. The average Bonchev–Trinajstić information content (AvgIpc) is 3.24. The molecule has 2 fully saturated rings. The maximum absolute atomic E-state index is 12.6. The van der Waals surface area contributed by atoms with Crippen LogP contribution in [0.3, 0.4) is 0 Å². The van der Waals surface area contributed by atoms with Gasteiger partial charge in [-0.2, -0.15) is 4.99 Å². The molecule has 2 aromatic rings. The molecular weight excluding hydrogens is 502 g/mol. The fraction of sp³-hybridized carbons (Fsp3) is 0.400. The van der Waals surface area contributed by atoms with Gasteiger partial charge in [0, 0.05) is 23.9 Å². The maximum atomic E-state index is 12.6. The third-order valence-corrected chi connectivity index (χ3v) is 8.60. The molecule has 2 unspecified atom stereocenters. The van der Waals surface area contributed by atoms with Crippen LogP contribution in [0.1, 0.15) is 27.2 Å². The Morgan fingerprint density at radius 2 is 1.72 bits per heavy atom. The highest BCUT2D eigenvalue weighted by molar-refractivity contribution is 8.16. The number of carbonyl (C=O) groups is 2. The molecule has 11 heteroatoms. The van der Waals surface area contributed by atoms with E-state index in [9.17, 15) is 18.0 Å². The van der Waals surface area contributed by atoms with Crippen LogP contribution >= 0.6 is 11.8 Å². The van der Waals surface area contributed by atoms with Gasteiger partial charge in [-0.3, -0.25) is 4.79 Å². The molecule has 0 aliphatic carbocycles. The molecule has 2 aliphatic heterocycles. The Kier molecular flexibility index (Phi) is 7.60. The summed E-state index contributed by atoms with van der Waals surface area (Å²) in [5, 5.41) is 2.80. The molecule has 0 spiro atoms. The Balaban J connectivity index is 1.47. The minimum absolute atomic E-state index is 0.000341. The summed E-state index contributed by atoms with van der Waals surface area (Å²) in [7, 11) is -3.17. The molecule has 1 N–H and O–H groups in total. The second kappa shape index (κ2) is 10.5. The molecular formula is C25H29N3O6S2. The number of thioether (sulfide) groups is 1. The van der Waals surface area contributed by atoms with Gasteiger partial charge in [-0.1, -0.05) is 30.0 Å². The lowest BCUT2D eigenvalue weighted by molar-refractivity contribution is -0.117. The van der Waals surface area contributed by atoms with E-state index in [2.05, 4.69) is 10.3 Å². The van der Waals surface area contributed by atoms with Crippen LogP contribution in [0.2, 0.25) is 0 Å². The van der Waals surface area contributed by atoms with E-state index in [4.69, 9.17) is 9.47 Å². The molecule has 2 amide bonds. The van der Waals surface area contributed by atoms with Crippen molar-refractivity contribution in [2.75, 3.05) is 23.0 Å². The van der Waals surface area contributed by atoms with Crippen LogP contribution in [0.15, 0.2) is 59.6 Å². The van der Waals surface area contributed by atoms with Crippen molar-refractivity contribution < 1.29 is 27.5 Å². The summed E-state index contributed by atoms with van der Waals surface area (Å²) in [6.45, 7) is 5.36. The summed E-state index contributed by atoms with van der Waals surface area (Å²) in [5.41, 5.74) is 0.0979. The number of anilines is 1. The number of nitrogens with zero attached hydrogens (tertiary/aromatic N) is 2. The molecule has 2 aliphatic rings. The summed E-state index contributed by atoms with van der Waals surface area (Å²) in [4.78, 5) is 30.5. The SMILES string of the molecule is CC(C)(C)OC(=O)NCCC(=O)N=C1SC2CS(=O)(=O)CC2N1c1ccc(Oc2ccccc2)cc1. The topological polar surface area (TPSA) is 114 Å². The van der Waals surface area contributed by atoms with Gasteiger partial charge in [0.2, 0.25) is 5.91 Å². The number of ether oxygens (including phenoxy) is 2. The van der Waals surface area contributed by atoms with Gasteiger partial charge in [-0.15, -0.1) is 0 Å². The number of alkyl carbamates (subject to hydrolysis) is 1. The van der Waals surface area contributed by atoms with Crippen molar-refractivity contribution in [3.8, 4) is 11.5 Å². The largest absolute Gasteiger partial charge is 0.457 e. The average molecular weight is 532 g/mol. The third-order valence-electron chi connectivity index (χ3n) is 5.39. The molecule has 36 heavy (non-hydrogen) atoms. The van der Waals surface area contributed by atoms with Crippen LogP contribution in [0, 0.1) is 0 Å². The zero-order valence-electron chi connectivity index (χ0n) is 20.3. The number of benzene rings is 2.